The van der Waals surface area contributed by atoms with Gasteiger partial charge >= 0.3 is 6.09 Å². The maximum absolute atomic E-state index is 11.7. The maximum atomic E-state index is 11.7. The van der Waals surface area contributed by atoms with Gasteiger partial charge in [-0.15, -0.1) is 11.3 Å². The number of carbonyl (C=O) groups is 1. The van der Waals surface area contributed by atoms with Crippen molar-refractivity contribution in [3.8, 4) is 0 Å². The fraction of sp³-hybridized carbons (Fsp3) is 0.545. The fourth-order valence-electron chi connectivity index (χ4n) is 1.97. The summed E-state index contributed by atoms with van der Waals surface area (Å²) in [4.78, 5) is 14.8. The van der Waals surface area contributed by atoms with Gasteiger partial charge in [-0.1, -0.05) is 6.07 Å². The summed E-state index contributed by atoms with van der Waals surface area (Å²) < 4.78 is 5.05. The van der Waals surface area contributed by atoms with Crippen LogP contribution in [-0.2, 0) is 4.74 Å². The summed E-state index contributed by atoms with van der Waals surface area (Å²) in [6, 6.07) is 4.36. The first-order chi connectivity index (χ1) is 7.33. The van der Waals surface area contributed by atoms with Crippen molar-refractivity contribution in [2.45, 2.75) is 25.8 Å². The minimum Gasteiger partial charge on any atom is -0.450 e. The van der Waals surface area contributed by atoms with Gasteiger partial charge in [0.25, 0.3) is 0 Å². The molecular formula is C11H15NO2S. The van der Waals surface area contributed by atoms with Crippen LogP contribution in [-0.4, -0.2) is 24.1 Å². The van der Waals surface area contributed by atoms with E-state index in [0.717, 1.165) is 19.4 Å². The van der Waals surface area contributed by atoms with Gasteiger partial charge in [0.1, 0.15) is 0 Å². The first-order valence-corrected chi connectivity index (χ1v) is 6.17. The van der Waals surface area contributed by atoms with Gasteiger partial charge in [0, 0.05) is 11.4 Å². The molecule has 82 valence electrons. The molecule has 1 aromatic heterocycles. The molecular weight excluding hydrogens is 210 g/mol. The summed E-state index contributed by atoms with van der Waals surface area (Å²) >= 11 is 1.71. The van der Waals surface area contributed by atoms with E-state index in [1.807, 2.05) is 17.9 Å². The van der Waals surface area contributed by atoms with Crippen molar-refractivity contribution < 1.29 is 9.53 Å². The van der Waals surface area contributed by atoms with Crippen LogP contribution in [0.1, 0.15) is 30.7 Å². The monoisotopic (exact) mass is 225 g/mol. The summed E-state index contributed by atoms with van der Waals surface area (Å²) in [6.07, 6.45) is 1.95. The van der Waals surface area contributed by atoms with Gasteiger partial charge in [-0.05, 0) is 31.2 Å². The first-order valence-electron chi connectivity index (χ1n) is 5.29. The van der Waals surface area contributed by atoms with Crippen LogP contribution in [0.4, 0.5) is 4.79 Å². The van der Waals surface area contributed by atoms with Crippen LogP contribution < -0.4 is 0 Å². The summed E-state index contributed by atoms with van der Waals surface area (Å²) in [7, 11) is 0. The minimum absolute atomic E-state index is 0.173. The molecule has 15 heavy (non-hydrogen) atoms. The average molecular weight is 225 g/mol. The zero-order chi connectivity index (χ0) is 10.7. The predicted molar refractivity (Wildman–Crippen MR) is 60.0 cm³/mol. The molecule has 0 N–H and O–H groups in total. The Morgan fingerprint density at radius 2 is 2.60 bits per heavy atom. The van der Waals surface area contributed by atoms with E-state index >= 15 is 0 Å². The van der Waals surface area contributed by atoms with Gasteiger partial charge < -0.3 is 9.64 Å². The van der Waals surface area contributed by atoms with Gasteiger partial charge in [-0.25, -0.2) is 4.79 Å². The van der Waals surface area contributed by atoms with Crippen LogP contribution in [0, 0.1) is 0 Å². The summed E-state index contributed by atoms with van der Waals surface area (Å²) in [5.41, 5.74) is 0. The summed E-state index contributed by atoms with van der Waals surface area (Å²) in [5.74, 6) is 0. The largest absolute Gasteiger partial charge is 0.450 e. The number of thiophene rings is 1. The Morgan fingerprint density at radius 3 is 3.27 bits per heavy atom. The van der Waals surface area contributed by atoms with Crippen molar-refractivity contribution >= 4 is 17.4 Å². The molecule has 0 radical (unpaired) electrons. The molecule has 1 aliphatic heterocycles. The van der Waals surface area contributed by atoms with Crippen LogP contribution in [0.5, 0.6) is 0 Å². The van der Waals surface area contributed by atoms with Crippen LogP contribution in [0.3, 0.4) is 0 Å². The van der Waals surface area contributed by atoms with Crippen molar-refractivity contribution in [1.82, 2.24) is 4.90 Å². The molecule has 0 aliphatic carbocycles. The molecule has 1 atom stereocenters. The lowest BCUT2D eigenvalue weighted by Crippen LogP contribution is -2.30. The van der Waals surface area contributed by atoms with E-state index in [4.69, 9.17) is 4.74 Å². The molecule has 1 aromatic rings. The highest BCUT2D eigenvalue weighted by atomic mass is 32.1. The predicted octanol–water partition coefficient (Wildman–Crippen LogP) is 3.04. The topological polar surface area (TPSA) is 29.5 Å². The van der Waals surface area contributed by atoms with Crippen LogP contribution >= 0.6 is 11.3 Å². The Kier molecular flexibility index (Phi) is 3.26. The van der Waals surface area contributed by atoms with E-state index in [0.29, 0.717) is 6.61 Å². The van der Waals surface area contributed by atoms with Crippen molar-refractivity contribution in [2.24, 2.45) is 0 Å². The third kappa shape index (κ3) is 2.15. The van der Waals surface area contributed by atoms with Gasteiger partial charge in [0.05, 0.1) is 12.6 Å². The zero-order valence-electron chi connectivity index (χ0n) is 8.81. The van der Waals surface area contributed by atoms with Crippen LogP contribution in [0.15, 0.2) is 17.5 Å². The molecule has 0 bridgehead atoms. The molecule has 0 saturated carbocycles. The van der Waals surface area contributed by atoms with Crippen molar-refractivity contribution in [3.05, 3.63) is 22.4 Å². The third-order valence-corrected chi connectivity index (χ3v) is 3.60. The molecule has 1 amide bonds. The Hall–Kier alpha value is -1.03. The highest BCUT2D eigenvalue weighted by molar-refractivity contribution is 7.10. The lowest BCUT2D eigenvalue weighted by molar-refractivity contribution is 0.103. The lowest BCUT2D eigenvalue weighted by atomic mass is 10.2. The van der Waals surface area contributed by atoms with E-state index < -0.39 is 0 Å². The Balaban J connectivity index is 2.08. The molecule has 2 rings (SSSR count). The van der Waals surface area contributed by atoms with Crippen LogP contribution in [0.2, 0.25) is 0 Å². The molecule has 0 unspecified atom stereocenters. The lowest BCUT2D eigenvalue weighted by Gasteiger charge is -2.22. The molecule has 1 fully saturated rings. The normalized spacial score (nSPS) is 20.6. The summed E-state index contributed by atoms with van der Waals surface area (Å²) in [6.45, 7) is 3.11. The van der Waals surface area contributed by atoms with E-state index in [1.165, 1.54) is 4.88 Å². The third-order valence-electron chi connectivity index (χ3n) is 2.63. The fourth-order valence-corrected chi connectivity index (χ4v) is 2.84. The highest BCUT2D eigenvalue weighted by Crippen LogP contribution is 2.34. The smallest absolute Gasteiger partial charge is 0.410 e. The second kappa shape index (κ2) is 4.66. The Morgan fingerprint density at radius 1 is 1.73 bits per heavy atom. The quantitative estimate of drug-likeness (QED) is 0.774. The number of hydrogen-bond donors (Lipinski definition) is 0. The second-order valence-corrected chi connectivity index (χ2v) is 4.55. The van der Waals surface area contributed by atoms with E-state index in [2.05, 4.69) is 11.4 Å². The number of likely N-dealkylation sites (tertiary alicyclic amines) is 1. The highest BCUT2D eigenvalue weighted by Gasteiger charge is 2.31. The Bertz CT molecular complexity index is 323. The number of carbonyl (C=O) groups excluding carboxylic acids is 1. The second-order valence-electron chi connectivity index (χ2n) is 3.57. The standard InChI is InChI=1S/C11H15NO2S/c1-2-14-11(13)12-7-3-5-9(12)10-6-4-8-15-10/h4,6,8-9H,2-3,5,7H2,1H3/t9-/m0/s1. The Labute approximate surface area is 93.7 Å². The molecule has 3 nitrogen and oxygen atoms in total. The molecule has 1 aliphatic rings. The number of ether oxygens (including phenoxy) is 1. The van der Waals surface area contributed by atoms with Gasteiger partial charge in [-0.3, -0.25) is 0 Å². The number of nitrogens with zero attached hydrogens (tertiary/aromatic N) is 1. The number of amides is 1. The molecule has 2 heterocycles. The van der Waals surface area contributed by atoms with Crippen molar-refractivity contribution in [3.63, 3.8) is 0 Å². The van der Waals surface area contributed by atoms with Crippen LogP contribution in [0.25, 0.3) is 0 Å². The van der Waals surface area contributed by atoms with E-state index in [9.17, 15) is 4.79 Å². The van der Waals surface area contributed by atoms with Gasteiger partial charge in [-0.2, -0.15) is 0 Å². The zero-order valence-corrected chi connectivity index (χ0v) is 9.63. The van der Waals surface area contributed by atoms with Gasteiger partial charge in [0.2, 0.25) is 0 Å². The van der Waals surface area contributed by atoms with Crippen molar-refractivity contribution in [2.75, 3.05) is 13.2 Å². The SMILES string of the molecule is CCOC(=O)N1CCC[C@H]1c1cccs1. The maximum Gasteiger partial charge on any atom is 0.410 e. The van der Waals surface area contributed by atoms with Crippen molar-refractivity contribution in [1.29, 1.82) is 0 Å². The molecule has 0 aromatic carbocycles. The van der Waals surface area contributed by atoms with Gasteiger partial charge in [0.15, 0.2) is 0 Å². The first kappa shape index (κ1) is 10.5. The molecule has 1 saturated heterocycles. The molecule has 4 heteroatoms. The minimum atomic E-state index is -0.173. The number of rotatable bonds is 2. The van der Waals surface area contributed by atoms with E-state index in [1.54, 1.807) is 11.3 Å². The average Bonchev–Trinajstić information content (AvgIpc) is 2.88. The molecule has 0 spiro atoms. The summed E-state index contributed by atoms with van der Waals surface area (Å²) in [5, 5.41) is 2.05. The number of hydrogen-bond acceptors (Lipinski definition) is 3. The van der Waals surface area contributed by atoms with E-state index in [-0.39, 0.29) is 12.1 Å².